The summed E-state index contributed by atoms with van der Waals surface area (Å²) in [5.74, 6) is -13.1. The van der Waals surface area contributed by atoms with E-state index >= 15 is 0 Å². The summed E-state index contributed by atoms with van der Waals surface area (Å²) in [4.78, 5) is 24.9. The highest BCUT2D eigenvalue weighted by atomic mass is 19.2. The van der Waals surface area contributed by atoms with Gasteiger partial charge in [0.05, 0.1) is 0 Å². The first kappa shape index (κ1) is 19.7. The van der Waals surface area contributed by atoms with Gasteiger partial charge in [-0.05, 0) is 30.5 Å². The average Bonchev–Trinajstić information content (AvgIpc) is 3.54. The number of rotatable bonds is 5. The van der Waals surface area contributed by atoms with Crippen molar-refractivity contribution in [3.05, 3.63) is 70.0 Å². The van der Waals surface area contributed by atoms with Gasteiger partial charge in [-0.2, -0.15) is 0 Å². The molecule has 2 amide bonds. The van der Waals surface area contributed by atoms with Crippen LogP contribution in [0.3, 0.4) is 0 Å². The number of halogens is 5. The van der Waals surface area contributed by atoms with Gasteiger partial charge in [-0.15, -0.1) is 0 Å². The lowest BCUT2D eigenvalue weighted by Gasteiger charge is -2.23. The quantitative estimate of drug-likeness (QED) is 0.266. The summed E-state index contributed by atoms with van der Waals surface area (Å²) in [5, 5.41) is 8.59. The molecule has 28 heavy (non-hydrogen) atoms. The molecule has 1 fully saturated rings. The Morgan fingerprint density at radius 2 is 1.43 bits per heavy atom. The average molecular weight is 400 g/mol. The van der Waals surface area contributed by atoms with Gasteiger partial charge >= 0.3 is 0 Å². The normalized spacial score (nSPS) is 13.4. The van der Waals surface area contributed by atoms with E-state index in [1.165, 1.54) is 29.7 Å². The first-order valence-corrected chi connectivity index (χ1v) is 8.12. The smallest absolute Gasteiger partial charge is 0.274 e. The number of benzene rings is 2. The molecule has 1 aliphatic rings. The Hall–Kier alpha value is -3.01. The summed E-state index contributed by atoms with van der Waals surface area (Å²) in [7, 11) is 0. The molecule has 1 saturated carbocycles. The number of amides is 2. The molecule has 0 aromatic heterocycles. The number of hydrogen-bond acceptors (Lipinski definition) is 3. The molecular weight excluding hydrogens is 387 g/mol. The standard InChI is InChI=1S/C18H13F5N2O3/c19-12-11(13(20)15(22)16(23)14(12)21)18(27)25(10-5-6-10)7-8-1-3-9(4-2-8)17(26)24-28/h1-4,10,28H,5-7H2,(H,24,26). The Morgan fingerprint density at radius 1 is 0.929 bits per heavy atom. The van der Waals surface area contributed by atoms with E-state index < -0.39 is 52.5 Å². The van der Waals surface area contributed by atoms with Crippen molar-refractivity contribution in [1.29, 1.82) is 0 Å². The number of hydrogen-bond donors (Lipinski definition) is 2. The molecular formula is C18H13F5N2O3. The first-order chi connectivity index (χ1) is 13.3. The SMILES string of the molecule is O=C(NO)c1ccc(CN(C(=O)c2c(F)c(F)c(F)c(F)c2F)C2CC2)cc1. The van der Waals surface area contributed by atoms with Crippen molar-refractivity contribution in [3.8, 4) is 0 Å². The van der Waals surface area contributed by atoms with Crippen LogP contribution in [-0.2, 0) is 6.54 Å². The molecule has 0 bridgehead atoms. The lowest BCUT2D eigenvalue weighted by atomic mass is 10.1. The third-order valence-electron chi connectivity index (χ3n) is 4.34. The molecule has 10 heteroatoms. The molecule has 5 nitrogen and oxygen atoms in total. The van der Waals surface area contributed by atoms with Crippen LogP contribution in [0.4, 0.5) is 22.0 Å². The molecule has 0 heterocycles. The second kappa shape index (κ2) is 7.55. The zero-order chi connectivity index (χ0) is 20.6. The fourth-order valence-corrected chi connectivity index (χ4v) is 2.71. The van der Waals surface area contributed by atoms with Crippen molar-refractivity contribution < 1.29 is 36.7 Å². The van der Waals surface area contributed by atoms with Gasteiger partial charge in [-0.25, -0.2) is 27.4 Å². The number of carbonyl (C=O) groups is 2. The highest BCUT2D eigenvalue weighted by Crippen LogP contribution is 2.32. The van der Waals surface area contributed by atoms with Crippen LogP contribution in [0.15, 0.2) is 24.3 Å². The maximum atomic E-state index is 14.0. The largest absolute Gasteiger partial charge is 0.331 e. The summed E-state index contributed by atoms with van der Waals surface area (Å²) in [6.07, 6.45) is 1.04. The molecule has 0 radical (unpaired) electrons. The molecule has 0 aliphatic heterocycles. The molecule has 3 rings (SSSR count). The minimum Gasteiger partial charge on any atom is -0.331 e. The molecule has 2 N–H and O–H groups in total. The van der Waals surface area contributed by atoms with Gasteiger partial charge in [-0.1, -0.05) is 12.1 Å². The highest BCUT2D eigenvalue weighted by molar-refractivity contribution is 5.95. The fraction of sp³-hybridized carbons (Fsp3) is 0.222. The van der Waals surface area contributed by atoms with Gasteiger partial charge in [0.1, 0.15) is 5.56 Å². The summed E-state index contributed by atoms with van der Waals surface area (Å²) in [6, 6.07) is 5.16. The van der Waals surface area contributed by atoms with Crippen molar-refractivity contribution in [2.45, 2.75) is 25.4 Å². The summed E-state index contributed by atoms with van der Waals surface area (Å²) < 4.78 is 68.0. The number of carbonyl (C=O) groups excluding carboxylic acids is 2. The van der Waals surface area contributed by atoms with E-state index in [0.29, 0.717) is 18.4 Å². The van der Waals surface area contributed by atoms with Crippen LogP contribution in [0.1, 0.15) is 39.1 Å². The van der Waals surface area contributed by atoms with Crippen molar-refractivity contribution in [3.63, 3.8) is 0 Å². The summed E-state index contributed by atoms with van der Waals surface area (Å²) in [6.45, 7) is -0.163. The van der Waals surface area contributed by atoms with Gasteiger partial charge in [0.2, 0.25) is 5.82 Å². The number of nitrogens with one attached hydrogen (secondary N) is 1. The van der Waals surface area contributed by atoms with Gasteiger partial charge in [-0.3, -0.25) is 14.8 Å². The third-order valence-corrected chi connectivity index (χ3v) is 4.34. The molecule has 0 atom stereocenters. The lowest BCUT2D eigenvalue weighted by molar-refractivity contribution is 0.0701. The maximum absolute atomic E-state index is 14.0. The van der Waals surface area contributed by atoms with E-state index in [2.05, 4.69) is 0 Å². The third kappa shape index (κ3) is 3.55. The second-order valence-corrected chi connectivity index (χ2v) is 6.25. The van der Waals surface area contributed by atoms with Gasteiger partial charge in [0.15, 0.2) is 23.3 Å². The van der Waals surface area contributed by atoms with Crippen LogP contribution in [0.5, 0.6) is 0 Å². The topological polar surface area (TPSA) is 69.6 Å². The molecule has 148 valence electrons. The van der Waals surface area contributed by atoms with E-state index in [1.807, 2.05) is 0 Å². The Balaban J connectivity index is 1.92. The Kier molecular flexibility index (Phi) is 5.32. The molecule has 0 unspecified atom stereocenters. The van der Waals surface area contributed by atoms with Crippen LogP contribution >= 0.6 is 0 Å². The Morgan fingerprint density at radius 3 is 1.89 bits per heavy atom. The van der Waals surface area contributed by atoms with Crippen LogP contribution in [-0.4, -0.2) is 28.0 Å². The second-order valence-electron chi connectivity index (χ2n) is 6.25. The number of nitrogens with zero attached hydrogens (tertiary/aromatic N) is 1. The predicted octanol–water partition coefficient (Wildman–Crippen LogP) is 3.31. The molecule has 0 spiro atoms. The molecule has 1 aliphatic carbocycles. The minimum absolute atomic E-state index is 0.121. The summed E-state index contributed by atoms with van der Waals surface area (Å²) >= 11 is 0. The molecule has 2 aromatic carbocycles. The molecule has 0 saturated heterocycles. The highest BCUT2D eigenvalue weighted by Gasteiger charge is 2.38. The van der Waals surface area contributed by atoms with Crippen molar-refractivity contribution >= 4 is 11.8 Å². The Bertz CT molecular complexity index is 916. The van der Waals surface area contributed by atoms with Crippen molar-refractivity contribution in [2.75, 3.05) is 0 Å². The van der Waals surface area contributed by atoms with Crippen LogP contribution in [0.25, 0.3) is 0 Å². The zero-order valence-corrected chi connectivity index (χ0v) is 14.1. The van der Waals surface area contributed by atoms with Crippen molar-refractivity contribution in [1.82, 2.24) is 10.4 Å². The predicted molar refractivity (Wildman–Crippen MR) is 84.8 cm³/mol. The van der Waals surface area contributed by atoms with E-state index in [4.69, 9.17) is 5.21 Å². The van der Waals surface area contributed by atoms with E-state index in [9.17, 15) is 31.5 Å². The van der Waals surface area contributed by atoms with Crippen LogP contribution < -0.4 is 5.48 Å². The maximum Gasteiger partial charge on any atom is 0.274 e. The van der Waals surface area contributed by atoms with E-state index in [-0.39, 0.29) is 12.1 Å². The van der Waals surface area contributed by atoms with Gasteiger partial charge < -0.3 is 4.90 Å². The molecule has 2 aromatic rings. The van der Waals surface area contributed by atoms with E-state index in [1.54, 1.807) is 0 Å². The number of hydroxylamine groups is 1. The lowest BCUT2D eigenvalue weighted by Crippen LogP contribution is -2.34. The van der Waals surface area contributed by atoms with Crippen LogP contribution in [0, 0.1) is 29.1 Å². The van der Waals surface area contributed by atoms with E-state index in [0.717, 1.165) is 4.90 Å². The monoisotopic (exact) mass is 400 g/mol. The van der Waals surface area contributed by atoms with Gasteiger partial charge in [0.25, 0.3) is 11.8 Å². The Labute approximate surface area is 155 Å². The van der Waals surface area contributed by atoms with Crippen LogP contribution in [0.2, 0.25) is 0 Å². The van der Waals surface area contributed by atoms with Gasteiger partial charge in [0, 0.05) is 18.2 Å². The first-order valence-electron chi connectivity index (χ1n) is 8.12. The minimum atomic E-state index is -2.33. The summed E-state index contributed by atoms with van der Waals surface area (Å²) in [5.41, 5.74) is 0.526. The zero-order valence-electron chi connectivity index (χ0n) is 14.1. The van der Waals surface area contributed by atoms with Crippen molar-refractivity contribution in [2.24, 2.45) is 0 Å². The fourth-order valence-electron chi connectivity index (χ4n) is 2.71.